The summed E-state index contributed by atoms with van der Waals surface area (Å²) in [6, 6.07) is 9.98. The van der Waals surface area contributed by atoms with Gasteiger partial charge in [0.05, 0.1) is 19.9 Å². The van der Waals surface area contributed by atoms with Crippen molar-refractivity contribution in [1.82, 2.24) is 10.6 Å². The number of guanidine groups is 1. The molecule has 5 heteroatoms. The monoisotopic (exact) mass is 327 g/mol. The van der Waals surface area contributed by atoms with Crippen LogP contribution in [0.25, 0.3) is 0 Å². The molecule has 0 fully saturated rings. The fraction of sp³-hybridized carbons (Fsp3) is 0.316. The number of furan rings is 1. The van der Waals surface area contributed by atoms with E-state index in [1.54, 1.807) is 19.4 Å². The predicted molar refractivity (Wildman–Crippen MR) is 97.5 cm³/mol. The highest BCUT2D eigenvalue weighted by Gasteiger charge is 2.02. The second kappa shape index (κ2) is 9.45. The second-order valence-corrected chi connectivity index (χ2v) is 5.45. The molecular weight excluding hydrogens is 302 g/mol. The Kier molecular flexibility index (Phi) is 6.95. The summed E-state index contributed by atoms with van der Waals surface area (Å²) in [5.41, 5.74) is 2.27. The van der Waals surface area contributed by atoms with Crippen LogP contribution in [0.3, 0.4) is 0 Å². The molecule has 0 bridgehead atoms. The van der Waals surface area contributed by atoms with Crippen LogP contribution in [0.1, 0.15) is 16.9 Å². The van der Waals surface area contributed by atoms with Crippen LogP contribution in [0.2, 0.25) is 0 Å². The van der Waals surface area contributed by atoms with Gasteiger partial charge in [0.1, 0.15) is 11.5 Å². The molecule has 0 aliphatic carbocycles. The molecule has 128 valence electrons. The fourth-order valence-corrected chi connectivity index (χ4v) is 2.31. The van der Waals surface area contributed by atoms with E-state index < -0.39 is 0 Å². The van der Waals surface area contributed by atoms with E-state index in [1.807, 2.05) is 31.2 Å². The van der Waals surface area contributed by atoms with Crippen LogP contribution < -0.4 is 15.4 Å². The van der Waals surface area contributed by atoms with E-state index in [2.05, 4.69) is 28.3 Å². The molecule has 0 amide bonds. The molecule has 0 unspecified atom stereocenters. The molecule has 1 heterocycles. The van der Waals surface area contributed by atoms with Gasteiger partial charge in [0.15, 0.2) is 5.96 Å². The number of hydrogen-bond acceptors (Lipinski definition) is 3. The van der Waals surface area contributed by atoms with Crippen LogP contribution in [-0.4, -0.2) is 26.2 Å². The van der Waals surface area contributed by atoms with Gasteiger partial charge in [0.2, 0.25) is 0 Å². The van der Waals surface area contributed by atoms with Gasteiger partial charge in [-0.15, -0.1) is 6.58 Å². The van der Waals surface area contributed by atoms with Crippen molar-refractivity contribution in [3.8, 4) is 5.75 Å². The highest BCUT2D eigenvalue weighted by atomic mass is 16.5. The van der Waals surface area contributed by atoms with Gasteiger partial charge in [0, 0.05) is 19.5 Å². The Labute approximate surface area is 143 Å². The molecule has 0 saturated heterocycles. The van der Waals surface area contributed by atoms with Gasteiger partial charge in [-0.1, -0.05) is 12.1 Å². The lowest BCUT2D eigenvalue weighted by atomic mass is 10.1. The molecule has 2 aromatic rings. The summed E-state index contributed by atoms with van der Waals surface area (Å²) in [4.78, 5) is 4.63. The van der Waals surface area contributed by atoms with Gasteiger partial charge in [-0.25, -0.2) is 4.99 Å². The Morgan fingerprint density at radius 2 is 2.21 bits per heavy atom. The van der Waals surface area contributed by atoms with Gasteiger partial charge >= 0.3 is 0 Å². The molecule has 0 atom stereocenters. The zero-order chi connectivity index (χ0) is 17.2. The van der Waals surface area contributed by atoms with Crippen molar-refractivity contribution in [3.63, 3.8) is 0 Å². The Morgan fingerprint density at radius 3 is 2.92 bits per heavy atom. The zero-order valence-corrected chi connectivity index (χ0v) is 14.3. The number of hydrogen-bond donors (Lipinski definition) is 2. The first-order valence-corrected chi connectivity index (χ1v) is 8.01. The largest absolute Gasteiger partial charge is 0.497 e. The minimum atomic E-state index is 0.575. The van der Waals surface area contributed by atoms with Crippen LogP contribution in [0.15, 0.2) is 58.7 Å². The Bertz CT molecular complexity index is 663. The third-order valence-electron chi connectivity index (χ3n) is 3.42. The van der Waals surface area contributed by atoms with E-state index in [-0.39, 0.29) is 0 Å². The first-order chi connectivity index (χ1) is 11.7. The van der Waals surface area contributed by atoms with Crippen LogP contribution in [0.4, 0.5) is 0 Å². The maximum absolute atomic E-state index is 5.33. The van der Waals surface area contributed by atoms with Crippen LogP contribution in [0, 0.1) is 6.92 Å². The number of methoxy groups -OCH3 is 1. The molecule has 0 aliphatic rings. The standard InChI is InChI=1S/C19H25N3O2/c1-4-8-20-19(21-9-7-17-6-5-10-24-17)22-14-16-11-15(2)12-18(13-16)23-3/h4-6,10-13H,1,7-9,14H2,2-3H3,(H2,20,21,22). The summed E-state index contributed by atoms with van der Waals surface area (Å²) in [7, 11) is 1.68. The van der Waals surface area contributed by atoms with Crippen LogP contribution in [0.5, 0.6) is 5.75 Å². The van der Waals surface area contributed by atoms with Crippen molar-refractivity contribution in [3.05, 3.63) is 66.1 Å². The lowest BCUT2D eigenvalue weighted by molar-refractivity contribution is 0.414. The summed E-state index contributed by atoms with van der Waals surface area (Å²) in [6.45, 7) is 7.75. The van der Waals surface area contributed by atoms with E-state index in [9.17, 15) is 0 Å². The third-order valence-corrected chi connectivity index (χ3v) is 3.42. The number of benzene rings is 1. The average molecular weight is 327 g/mol. The molecule has 24 heavy (non-hydrogen) atoms. The fourth-order valence-electron chi connectivity index (χ4n) is 2.31. The molecule has 0 aliphatic heterocycles. The zero-order valence-electron chi connectivity index (χ0n) is 14.3. The summed E-state index contributed by atoms with van der Waals surface area (Å²) in [5.74, 6) is 2.56. The Hall–Kier alpha value is -2.69. The Balaban J connectivity index is 1.96. The summed E-state index contributed by atoms with van der Waals surface area (Å²) < 4.78 is 10.6. The van der Waals surface area contributed by atoms with E-state index in [0.29, 0.717) is 13.1 Å². The summed E-state index contributed by atoms with van der Waals surface area (Å²) in [6.07, 6.45) is 4.30. The van der Waals surface area contributed by atoms with E-state index >= 15 is 0 Å². The number of rotatable bonds is 8. The predicted octanol–water partition coefficient (Wildman–Crippen LogP) is 3.06. The topological polar surface area (TPSA) is 58.8 Å². The number of nitrogens with zero attached hydrogens (tertiary/aromatic N) is 1. The van der Waals surface area contributed by atoms with Crippen molar-refractivity contribution < 1.29 is 9.15 Å². The highest BCUT2D eigenvalue weighted by molar-refractivity contribution is 5.79. The van der Waals surface area contributed by atoms with E-state index in [1.165, 1.54) is 0 Å². The van der Waals surface area contributed by atoms with Crippen molar-refractivity contribution >= 4 is 5.96 Å². The highest BCUT2D eigenvalue weighted by Crippen LogP contribution is 2.16. The number of aliphatic imine (C=N–C) groups is 1. The molecule has 1 aromatic carbocycles. The average Bonchev–Trinajstić information content (AvgIpc) is 3.09. The number of aryl methyl sites for hydroxylation is 1. The molecule has 0 spiro atoms. The molecular formula is C19H25N3O2. The lowest BCUT2D eigenvalue weighted by Crippen LogP contribution is -2.38. The SMILES string of the molecule is C=CCNC(=NCc1cc(C)cc(OC)c1)NCCc1ccco1. The van der Waals surface area contributed by atoms with Gasteiger partial charge in [-0.2, -0.15) is 0 Å². The first-order valence-electron chi connectivity index (χ1n) is 8.01. The molecule has 0 radical (unpaired) electrons. The smallest absolute Gasteiger partial charge is 0.191 e. The van der Waals surface area contributed by atoms with Crippen LogP contribution >= 0.6 is 0 Å². The minimum Gasteiger partial charge on any atom is -0.497 e. The molecule has 2 N–H and O–H groups in total. The molecule has 2 rings (SSSR count). The third kappa shape index (κ3) is 5.83. The number of ether oxygens (including phenoxy) is 1. The van der Waals surface area contributed by atoms with Crippen LogP contribution in [-0.2, 0) is 13.0 Å². The molecule has 0 saturated carbocycles. The van der Waals surface area contributed by atoms with Gasteiger partial charge < -0.3 is 19.8 Å². The number of nitrogens with one attached hydrogen (secondary N) is 2. The quantitative estimate of drug-likeness (QED) is 0.444. The van der Waals surface area contributed by atoms with E-state index in [0.717, 1.165) is 41.6 Å². The molecule has 5 nitrogen and oxygen atoms in total. The lowest BCUT2D eigenvalue weighted by Gasteiger charge is -2.11. The van der Waals surface area contributed by atoms with Gasteiger partial charge in [0.25, 0.3) is 0 Å². The van der Waals surface area contributed by atoms with Crippen molar-refractivity contribution in [2.24, 2.45) is 4.99 Å². The second-order valence-electron chi connectivity index (χ2n) is 5.45. The summed E-state index contributed by atoms with van der Waals surface area (Å²) >= 11 is 0. The van der Waals surface area contributed by atoms with Crippen molar-refractivity contribution in [2.75, 3.05) is 20.2 Å². The minimum absolute atomic E-state index is 0.575. The van der Waals surface area contributed by atoms with E-state index in [4.69, 9.17) is 9.15 Å². The molecule has 1 aromatic heterocycles. The maximum Gasteiger partial charge on any atom is 0.191 e. The van der Waals surface area contributed by atoms with Gasteiger partial charge in [-0.3, -0.25) is 0 Å². The normalized spacial score (nSPS) is 11.2. The Morgan fingerprint density at radius 1 is 1.33 bits per heavy atom. The first kappa shape index (κ1) is 17.7. The summed E-state index contributed by atoms with van der Waals surface area (Å²) in [5, 5.41) is 6.53. The van der Waals surface area contributed by atoms with Crippen molar-refractivity contribution in [2.45, 2.75) is 19.9 Å². The van der Waals surface area contributed by atoms with Crippen molar-refractivity contribution in [1.29, 1.82) is 0 Å². The van der Waals surface area contributed by atoms with Gasteiger partial charge in [-0.05, 0) is 42.3 Å². The maximum atomic E-state index is 5.33.